The van der Waals surface area contributed by atoms with Crippen LogP contribution >= 0.6 is 0 Å². The van der Waals surface area contributed by atoms with Crippen molar-refractivity contribution in [3.8, 4) is 0 Å². The number of rotatable bonds is 2. The molecule has 0 aromatic heterocycles. The van der Waals surface area contributed by atoms with E-state index in [1.165, 1.54) is 0 Å². The van der Waals surface area contributed by atoms with Crippen molar-refractivity contribution in [1.82, 2.24) is 0 Å². The normalized spacial score (nSPS) is 7.43. The van der Waals surface area contributed by atoms with E-state index in [4.69, 9.17) is 0 Å². The predicted molar refractivity (Wildman–Crippen MR) is 22.5 cm³/mol. The van der Waals surface area contributed by atoms with Gasteiger partial charge in [0, 0.05) is 0 Å². The molecule has 0 fully saturated rings. The van der Waals surface area contributed by atoms with Crippen LogP contribution in [0.5, 0.6) is 0 Å². The molecule has 7 heavy (non-hydrogen) atoms. The molecule has 2 radical (unpaired) electrons. The molecule has 0 atom stereocenters. The van der Waals surface area contributed by atoms with Gasteiger partial charge in [0.15, 0.2) is 0 Å². The van der Waals surface area contributed by atoms with Crippen LogP contribution in [0.2, 0.25) is 0 Å². The summed E-state index contributed by atoms with van der Waals surface area (Å²) in [5.41, 5.74) is 0. The summed E-state index contributed by atoms with van der Waals surface area (Å²) >= 11 is 0. The summed E-state index contributed by atoms with van der Waals surface area (Å²) < 4.78 is 3.62. The van der Waals surface area contributed by atoms with E-state index < -0.39 is 5.97 Å². The molecule has 0 saturated carbocycles. The van der Waals surface area contributed by atoms with Crippen molar-refractivity contribution in [2.45, 2.75) is 6.42 Å². The van der Waals surface area contributed by atoms with Crippen LogP contribution in [0, 0.1) is 0 Å². The minimum atomic E-state index is -0.713. The molecule has 0 aliphatic rings. The lowest BCUT2D eigenvalue weighted by molar-refractivity contribution is -0.135. The first-order chi connectivity index (χ1) is 3.31. The summed E-state index contributed by atoms with van der Waals surface area (Å²) in [4.78, 5) is 19.3. The van der Waals surface area contributed by atoms with Crippen LogP contribution in [0.1, 0.15) is 6.42 Å². The van der Waals surface area contributed by atoms with Gasteiger partial charge < -0.3 is 9.45 Å². The number of carbonyl (C=O) groups excluding carboxylic acids is 2. The zero-order chi connectivity index (χ0) is 5.70. The average molecular weight is 97.9 g/mol. The minimum absolute atomic E-state index is 0.267. The zero-order valence-corrected chi connectivity index (χ0v) is 3.59. The number of hydrogen-bond donors (Lipinski definition) is 0. The first-order valence-corrected chi connectivity index (χ1v) is 1.64. The highest BCUT2D eigenvalue weighted by Crippen LogP contribution is 1.73. The van der Waals surface area contributed by atoms with E-state index in [2.05, 4.69) is 12.7 Å². The molecular weight excluding hydrogens is 94.8 g/mol. The lowest BCUT2D eigenvalue weighted by Crippen LogP contribution is -2.00. The van der Waals surface area contributed by atoms with Gasteiger partial charge >= 0.3 is 8.05 Å². The molecule has 0 unspecified atom stereocenters. The summed E-state index contributed by atoms with van der Waals surface area (Å²) in [6, 6.07) is 0. The van der Waals surface area contributed by atoms with Crippen LogP contribution < -0.4 is 0 Å². The number of aldehydes is 1. The molecule has 0 saturated heterocycles. The van der Waals surface area contributed by atoms with Gasteiger partial charge in [0.25, 0.3) is 5.97 Å². The molecule has 3 nitrogen and oxygen atoms in total. The van der Waals surface area contributed by atoms with Gasteiger partial charge in [0.2, 0.25) is 0 Å². The zero-order valence-electron chi connectivity index (χ0n) is 3.59. The molecule has 4 heteroatoms. The Bertz CT molecular complexity index is 80.2. The molecule has 36 valence electrons. The second-order valence-electron chi connectivity index (χ2n) is 0.861. The van der Waals surface area contributed by atoms with E-state index in [9.17, 15) is 9.59 Å². The van der Waals surface area contributed by atoms with Gasteiger partial charge in [0.1, 0.15) is 6.29 Å². The molecule has 0 spiro atoms. The van der Waals surface area contributed by atoms with Crippen molar-refractivity contribution in [2.24, 2.45) is 0 Å². The predicted octanol–water partition coefficient (Wildman–Crippen LogP) is -0.798. The molecule has 0 rings (SSSR count). The maximum atomic E-state index is 9.83. The quantitative estimate of drug-likeness (QED) is 0.258. The fraction of sp³-hybridized carbons (Fsp3) is 0.333. The molecule has 0 aliphatic heterocycles. The third-order valence-electron chi connectivity index (χ3n) is 0.381. The van der Waals surface area contributed by atoms with E-state index in [-0.39, 0.29) is 6.42 Å². The summed E-state index contributed by atoms with van der Waals surface area (Å²) in [5.74, 6) is -0.713. The van der Waals surface area contributed by atoms with Crippen LogP contribution in [0.3, 0.4) is 0 Å². The van der Waals surface area contributed by atoms with Gasteiger partial charge in [0.05, 0.1) is 6.42 Å². The highest BCUT2D eigenvalue weighted by molar-refractivity contribution is 6.06. The monoisotopic (exact) mass is 98.0 g/mol. The molecule has 0 amide bonds. The smallest absolute Gasteiger partial charge is 0.378 e. The van der Waals surface area contributed by atoms with Gasteiger partial charge in [-0.05, 0) is 0 Å². The molecule has 0 bridgehead atoms. The Morgan fingerprint density at radius 2 is 2.43 bits per heavy atom. The van der Waals surface area contributed by atoms with Crippen molar-refractivity contribution in [2.75, 3.05) is 0 Å². The Balaban J connectivity index is 3.17. The highest BCUT2D eigenvalue weighted by atomic mass is 16.5. The van der Waals surface area contributed by atoms with E-state index in [0.717, 1.165) is 0 Å². The first kappa shape index (κ1) is 6.20. The van der Waals surface area contributed by atoms with Crippen molar-refractivity contribution < 1.29 is 14.2 Å². The Morgan fingerprint density at radius 1 is 1.86 bits per heavy atom. The second-order valence-corrected chi connectivity index (χ2v) is 0.861. The standard InChI is InChI=1S/C3H3BO3/c4-7-3(6)1-2-5/h2H,1H2. The summed E-state index contributed by atoms with van der Waals surface area (Å²) in [7, 11) is 4.35. The van der Waals surface area contributed by atoms with Crippen molar-refractivity contribution >= 4 is 20.3 Å². The van der Waals surface area contributed by atoms with Gasteiger partial charge in [-0.2, -0.15) is 0 Å². The average Bonchev–Trinajstić information content (AvgIpc) is 1.68. The lowest BCUT2D eigenvalue weighted by atomic mass is 10.4. The van der Waals surface area contributed by atoms with Crippen molar-refractivity contribution in [3.63, 3.8) is 0 Å². The molecule has 0 N–H and O–H groups in total. The van der Waals surface area contributed by atoms with Gasteiger partial charge in [-0.15, -0.1) is 0 Å². The van der Waals surface area contributed by atoms with Crippen LogP contribution in [0.15, 0.2) is 0 Å². The Hall–Kier alpha value is -0.795. The van der Waals surface area contributed by atoms with Gasteiger partial charge in [-0.3, -0.25) is 4.79 Å². The Morgan fingerprint density at radius 3 is 2.57 bits per heavy atom. The third kappa shape index (κ3) is 3.02. The minimum Gasteiger partial charge on any atom is -0.543 e. The van der Waals surface area contributed by atoms with Gasteiger partial charge in [-0.25, -0.2) is 0 Å². The van der Waals surface area contributed by atoms with Crippen LogP contribution in [0.25, 0.3) is 0 Å². The molecule has 0 aromatic rings. The van der Waals surface area contributed by atoms with E-state index in [1.807, 2.05) is 0 Å². The fourth-order valence-electron chi connectivity index (χ4n) is 0.116. The van der Waals surface area contributed by atoms with E-state index in [1.54, 1.807) is 0 Å². The number of carbonyl (C=O) groups is 2. The third-order valence-corrected chi connectivity index (χ3v) is 0.381. The summed E-state index contributed by atoms with van der Waals surface area (Å²) in [6.45, 7) is 0. The summed E-state index contributed by atoms with van der Waals surface area (Å²) in [5, 5.41) is 0. The van der Waals surface area contributed by atoms with Crippen molar-refractivity contribution in [1.29, 1.82) is 0 Å². The van der Waals surface area contributed by atoms with Crippen LogP contribution in [-0.4, -0.2) is 20.3 Å². The van der Waals surface area contributed by atoms with Gasteiger partial charge in [-0.1, -0.05) is 0 Å². The maximum absolute atomic E-state index is 9.83. The van der Waals surface area contributed by atoms with E-state index >= 15 is 0 Å². The molecule has 0 heterocycles. The first-order valence-electron chi connectivity index (χ1n) is 1.64. The fourth-order valence-corrected chi connectivity index (χ4v) is 0.116. The van der Waals surface area contributed by atoms with Crippen LogP contribution in [0.4, 0.5) is 0 Å². The van der Waals surface area contributed by atoms with Crippen molar-refractivity contribution in [3.05, 3.63) is 0 Å². The topological polar surface area (TPSA) is 43.4 Å². The summed E-state index contributed by atoms with van der Waals surface area (Å²) in [6.07, 6.45) is 0.158. The Labute approximate surface area is 42.1 Å². The highest BCUT2D eigenvalue weighted by Gasteiger charge is 1.92. The van der Waals surface area contributed by atoms with E-state index in [0.29, 0.717) is 6.29 Å². The largest absolute Gasteiger partial charge is 0.543 e. The maximum Gasteiger partial charge on any atom is 0.378 e. The SMILES string of the molecule is [B]OC(=O)CC=O. The Kier molecular flexibility index (Phi) is 3.01. The molecule has 0 aromatic carbocycles. The second kappa shape index (κ2) is 3.40. The molecular formula is C3H3BO3. The lowest BCUT2D eigenvalue weighted by Gasteiger charge is -1.87. The van der Waals surface area contributed by atoms with Crippen LogP contribution in [-0.2, 0) is 14.2 Å². The molecule has 0 aliphatic carbocycles. The number of hydrogen-bond acceptors (Lipinski definition) is 3.